The number of rotatable bonds is 11. The van der Waals surface area contributed by atoms with E-state index in [1.54, 1.807) is 13.1 Å². The Balaban J connectivity index is 1.48. The Morgan fingerprint density at radius 2 is 2.07 bits per heavy atom. The summed E-state index contributed by atoms with van der Waals surface area (Å²) in [7, 11) is 1.70. The van der Waals surface area contributed by atoms with Crippen LogP contribution >= 0.6 is 34.9 Å². The lowest BCUT2D eigenvalue weighted by atomic mass is 10.0. The zero-order chi connectivity index (χ0) is 30.7. The highest BCUT2D eigenvalue weighted by atomic mass is 32.2. The third-order valence-electron chi connectivity index (χ3n) is 6.05. The number of β-lactam (4-membered cyclic amide) rings is 1. The summed E-state index contributed by atoms with van der Waals surface area (Å²) in [5, 5.41) is 30.9. The van der Waals surface area contributed by atoms with Crippen LogP contribution in [0.25, 0.3) is 0 Å². The van der Waals surface area contributed by atoms with Crippen LogP contribution in [0.3, 0.4) is 0 Å². The van der Waals surface area contributed by atoms with Gasteiger partial charge in [0.05, 0.1) is 6.42 Å². The van der Waals surface area contributed by atoms with Crippen LogP contribution in [0.2, 0.25) is 0 Å². The number of carbonyl (C=O) groups excluding carboxylic acids is 2. The quantitative estimate of drug-likeness (QED) is 0.0639. The molecule has 0 saturated carbocycles. The Kier molecular flexibility index (Phi) is 9.61. The summed E-state index contributed by atoms with van der Waals surface area (Å²) in [6, 6.07) is -1.06. The molecule has 42 heavy (non-hydrogen) atoms. The van der Waals surface area contributed by atoms with Crippen LogP contribution in [0.15, 0.2) is 38.7 Å². The largest absolute Gasteiger partial charge is 0.481 e. The van der Waals surface area contributed by atoms with Crippen molar-refractivity contribution in [3.63, 3.8) is 0 Å². The number of carbonyl (C=O) groups is 4. The van der Waals surface area contributed by atoms with Crippen molar-refractivity contribution in [2.45, 2.75) is 37.0 Å². The van der Waals surface area contributed by atoms with Gasteiger partial charge in [0.1, 0.15) is 40.9 Å². The van der Waals surface area contributed by atoms with Gasteiger partial charge in [0.15, 0.2) is 16.0 Å². The predicted octanol–water partition coefficient (Wildman–Crippen LogP) is -1.33. The predicted molar refractivity (Wildman–Crippen MR) is 157 cm³/mol. The third-order valence-corrected chi connectivity index (χ3v) is 9.11. The van der Waals surface area contributed by atoms with Crippen LogP contribution in [0, 0.1) is 0 Å². The molecule has 0 radical (unpaired) electrons. The van der Waals surface area contributed by atoms with Gasteiger partial charge in [-0.15, -0.1) is 23.1 Å². The minimum absolute atomic E-state index is 0.0680. The van der Waals surface area contributed by atoms with E-state index in [4.69, 9.17) is 27.3 Å². The average molecular weight is 641 g/mol. The zero-order valence-corrected chi connectivity index (χ0v) is 24.7. The number of hydrogen-bond donors (Lipinski definition) is 7. The molecule has 1 fully saturated rings. The molecule has 226 valence electrons. The average Bonchev–Trinajstić information content (AvgIpc) is 3.36. The summed E-state index contributed by atoms with van der Waals surface area (Å²) in [4.78, 5) is 64.1. The highest BCUT2D eigenvalue weighted by Crippen LogP contribution is 2.41. The maximum absolute atomic E-state index is 13.2. The molecule has 2 amide bonds. The van der Waals surface area contributed by atoms with Gasteiger partial charge in [-0.05, 0) is 25.6 Å². The Morgan fingerprint density at radius 1 is 1.33 bits per heavy atom. The van der Waals surface area contributed by atoms with Gasteiger partial charge in [0.2, 0.25) is 0 Å². The zero-order valence-electron chi connectivity index (χ0n) is 22.2. The standard InChI is InChI=1S/C22H28N10O7S3/c1-8(3-13(33)34)39-30-14(10-7-41-21(24)27-10)17(35)29-15-18(36)31-16(20(37)38)9(5-40-19(15)31)6-42-22-28-11(23)4-12(26-2)32(22)25/h4,7-8,12,15,19,26H,3,5-6,23,25H2,1-2H3,(H2,24,27)(H,29,35)(H,33,34)(H,37,38)/b30-14-/t8?,12?,15?,19-/m0/s1. The number of nitrogens with zero attached hydrogens (tertiary/aromatic N) is 5. The van der Waals surface area contributed by atoms with Gasteiger partial charge in [-0.3, -0.25) is 29.6 Å². The van der Waals surface area contributed by atoms with Crippen molar-refractivity contribution in [1.29, 1.82) is 0 Å². The molecule has 3 aliphatic rings. The number of hydrazine groups is 1. The molecule has 3 aliphatic heterocycles. The van der Waals surface area contributed by atoms with E-state index in [1.807, 2.05) is 0 Å². The molecule has 0 aliphatic carbocycles. The fourth-order valence-electron chi connectivity index (χ4n) is 4.08. The molecule has 4 rings (SSSR count). The van der Waals surface area contributed by atoms with Crippen molar-refractivity contribution in [3.05, 3.63) is 34.2 Å². The number of aliphatic carboxylic acids is 2. The molecule has 1 aromatic heterocycles. The van der Waals surface area contributed by atoms with Crippen molar-refractivity contribution >= 4 is 74.6 Å². The smallest absolute Gasteiger partial charge is 0.352 e. The second-order valence-corrected chi connectivity index (χ2v) is 12.0. The molecule has 10 N–H and O–H groups in total. The lowest BCUT2D eigenvalue weighted by molar-refractivity contribution is -0.150. The van der Waals surface area contributed by atoms with Crippen LogP contribution in [0.1, 0.15) is 19.0 Å². The van der Waals surface area contributed by atoms with Crippen molar-refractivity contribution < 1.29 is 34.2 Å². The van der Waals surface area contributed by atoms with E-state index in [1.165, 1.54) is 40.8 Å². The van der Waals surface area contributed by atoms with Gasteiger partial charge in [-0.1, -0.05) is 16.9 Å². The van der Waals surface area contributed by atoms with Gasteiger partial charge >= 0.3 is 11.9 Å². The van der Waals surface area contributed by atoms with E-state index in [0.717, 1.165) is 16.2 Å². The summed E-state index contributed by atoms with van der Waals surface area (Å²) in [6.07, 6.45) is -0.00116. The molecule has 20 heteroatoms. The second-order valence-electron chi connectivity index (χ2n) is 9.06. The molecule has 0 spiro atoms. The topological polar surface area (TPSA) is 264 Å². The number of aromatic nitrogens is 1. The summed E-state index contributed by atoms with van der Waals surface area (Å²) < 4.78 is 0. The molecular formula is C22H28N10O7S3. The van der Waals surface area contributed by atoms with E-state index in [-0.39, 0.29) is 46.0 Å². The number of nitrogen functional groups attached to an aromatic ring is 1. The summed E-state index contributed by atoms with van der Waals surface area (Å²) >= 11 is 3.50. The van der Waals surface area contributed by atoms with Crippen LogP contribution in [-0.4, -0.2) is 102 Å². The van der Waals surface area contributed by atoms with Gasteiger partial charge in [0, 0.05) is 16.9 Å². The minimum atomic E-state index is -1.29. The number of amidine groups is 1. The van der Waals surface area contributed by atoms with Crippen LogP contribution < -0.4 is 27.9 Å². The maximum Gasteiger partial charge on any atom is 0.352 e. The summed E-state index contributed by atoms with van der Waals surface area (Å²) in [5.74, 6) is 2.92. The number of aliphatic imine (C=N–C) groups is 1. The molecule has 4 atom stereocenters. The number of fused-ring (bicyclic) bond motifs is 1. The van der Waals surface area contributed by atoms with E-state index in [0.29, 0.717) is 10.7 Å². The SMILES string of the molecule is CNC1C=C(N)N=C(SCC2=C(C(=O)O)N3C(=O)C(NC(=O)/C(=N\OC(C)CC(=O)O)c4csc(N)n4)[C@@H]3SC2)N1N. The first kappa shape index (κ1) is 31.1. The highest BCUT2D eigenvalue weighted by Gasteiger charge is 2.54. The third kappa shape index (κ3) is 6.62. The number of hydrogen-bond acceptors (Lipinski definition) is 16. The van der Waals surface area contributed by atoms with Gasteiger partial charge in [-0.2, -0.15) is 0 Å². The fourth-order valence-corrected chi connectivity index (χ4v) is 7.08. The molecule has 0 bridgehead atoms. The van der Waals surface area contributed by atoms with Crippen molar-refractivity contribution in [2.75, 3.05) is 24.3 Å². The number of carboxylic acids is 2. The van der Waals surface area contributed by atoms with Crippen LogP contribution in [-0.2, 0) is 24.0 Å². The number of oxime groups is 1. The monoisotopic (exact) mass is 640 g/mol. The number of likely N-dealkylation sites (N-methyl/N-ethyl adjacent to an activating group) is 1. The molecule has 0 aromatic carbocycles. The number of thiazole rings is 1. The van der Waals surface area contributed by atoms with E-state index < -0.39 is 47.4 Å². The number of anilines is 1. The van der Waals surface area contributed by atoms with Gasteiger partial charge in [0.25, 0.3) is 11.8 Å². The van der Waals surface area contributed by atoms with Crippen molar-refractivity contribution in [1.82, 2.24) is 25.5 Å². The van der Waals surface area contributed by atoms with Crippen molar-refractivity contribution in [3.8, 4) is 0 Å². The maximum atomic E-state index is 13.2. The number of thioether (sulfide) groups is 2. The lowest BCUT2D eigenvalue weighted by Crippen LogP contribution is -2.71. The second kappa shape index (κ2) is 13.0. The molecule has 4 heterocycles. The number of amides is 2. The Bertz CT molecular complexity index is 1410. The Labute approximate surface area is 251 Å². The molecule has 1 saturated heterocycles. The molecule has 17 nitrogen and oxygen atoms in total. The number of nitrogens with two attached hydrogens (primary N) is 3. The number of carboxylic acid groups (broad SMARTS) is 2. The van der Waals surface area contributed by atoms with E-state index >= 15 is 0 Å². The first-order valence-corrected chi connectivity index (χ1v) is 15.1. The van der Waals surface area contributed by atoms with E-state index in [2.05, 4.69) is 25.8 Å². The van der Waals surface area contributed by atoms with Crippen LogP contribution in [0.4, 0.5) is 5.13 Å². The number of nitrogens with one attached hydrogen (secondary N) is 2. The van der Waals surface area contributed by atoms with E-state index in [9.17, 15) is 24.3 Å². The minimum Gasteiger partial charge on any atom is -0.481 e. The molecule has 1 aromatic rings. The first-order chi connectivity index (χ1) is 19.9. The molecular weight excluding hydrogens is 613 g/mol. The summed E-state index contributed by atoms with van der Waals surface area (Å²) in [5.41, 5.74) is 11.6. The van der Waals surface area contributed by atoms with Crippen LogP contribution in [0.5, 0.6) is 0 Å². The normalized spacial score (nSPS) is 23.0. The van der Waals surface area contributed by atoms with Gasteiger partial charge in [-0.25, -0.2) is 20.6 Å². The van der Waals surface area contributed by atoms with Crippen molar-refractivity contribution in [2.24, 2.45) is 21.7 Å². The highest BCUT2D eigenvalue weighted by molar-refractivity contribution is 8.14. The lowest BCUT2D eigenvalue weighted by Gasteiger charge is -2.49. The first-order valence-electron chi connectivity index (χ1n) is 12.2. The Morgan fingerprint density at radius 3 is 2.69 bits per heavy atom. The molecule has 3 unspecified atom stereocenters. The Hall–Kier alpha value is -3.85. The fraction of sp³-hybridized carbons (Fsp3) is 0.409. The summed E-state index contributed by atoms with van der Waals surface area (Å²) in [6.45, 7) is 1.46. The van der Waals surface area contributed by atoms with Gasteiger partial charge < -0.3 is 31.8 Å².